The van der Waals surface area contributed by atoms with Gasteiger partial charge in [0, 0.05) is 38.6 Å². The van der Waals surface area contributed by atoms with E-state index < -0.39 is 0 Å². The van der Waals surface area contributed by atoms with E-state index in [1.54, 1.807) is 11.0 Å². The third-order valence-corrected chi connectivity index (χ3v) is 4.28. The van der Waals surface area contributed by atoms with Gasteiger partial charge in [-0.1, -0.05) is 12.1 Å². The number of likely N-dealkylation sites (tertiary alicyclic amines) is 1. The van der Waals surface area contributed by atoms with E-state index in [4.69, 9.17) is 0 Å². The molecule has 5 nitrogen and oxygen atoms in total. The van der Waals surface area contributed by atoms with E-state index >= 15 is 0 Å². The SMILES string of the molecule is O=C(c1ccccc1N1CC(CO)CC1=O)N1CCCC1. The minimum absolute atomic E-state index is 0.00310. The topological polar surface area (TPSA) is 60.9 Å². The lowest BCUT2D eigenvalue weighted by atomic mass is 10.1. The fourth-order valence-corrected chi connectivity index (χ4v) is 3.12. The number of carbonyl (C=O) groups excluding carboxylic acids is 2. The quantitative estimate of drug-likeness (QED) is 0.911. The summed E-state index contributed by atoms with van der Waals surface area (Å²) in [6.07, 6.45) is 2.44. The van der Waals surface area contributed by atoms with Gasteiger partial charge < -0.3 is 14.9 Å². The predicted octanol–water partition coefficient (Wildman–Crippen LogP) is 1.27. The van der Waals surface area contributed by atoms with Crippen molar-refractivity contribution in [3.63, 3.8) is 0 Å². The first kappa shape index (κ1) is 14.1. The third kappa shape index (κ3) is 2.65. The summed E-state index contributed by atoms with van der Waals surface area (Å²) in [5.74, 6) is -0.0495. The summed E-state index contributed by atoms with van der Waals surface area (Å²) in [5, 5.41) is 9.25. The van der Waals surface area contributed by atoms with Gasteiger partial charge in [0.2, 0.25) is 5.91 Å². The van der Waals surface area contributed by atoms with Gasteiger partial charge in [0.1, 0.15) is 0 Å². The van der Waals surface area contributed by atoms with Gasteiger partial charge in [-0.3, -0.25) is 9.59 Å². The van der Waals surface area contributed by atoms with Gasteiger partial charge >= 0.3 is 0 Å². The number of anilines is 1. The molecular formula is C16H20N2O3. The van der Waals surface area contributed by atoms with Gasteiger partial charge in [-0.15, -0.1) is 0 Å². The van der Waals surface area contributed by atoms with Crippen LogP contribution in [0.25, 0.3) is 0 Å². The lowest BCUT2D eigenvalue weighted by Crippen LogP contribution is -2.32. The summed E-state index contributed by atoms with van der Waals surface area (Å²) in [7, 11) is 0. The maximum atomic E-state index is 12.6. The molecule has 1 N–H and O–H groups in total. The van der Waals surface area contributed by atoms with Gasteiger partial charge in [0.25, 0.3) is 5.91 Å². The minimum Gasteiger partial charge on any atom is -0.396 e. The zero-order chi connectivity index (χ0) is 14.8. The predicted molar refractivity (Wildman–Crippen MR) is 79.1 cm³/mol. The number of amides is 2. The van der Waals surface area contributed by atoms with Crippen LogP contribution >= 0.6 is 0 Å². The highest BCUT2D eigenvalue weighted by atomic mass is 16.3. The van der Waals surface area contributed by atoms with E-state index in [-0.39, 0.29) is 24.3 Å². The molecule has 2 aliphatic rings. The molecule has 2 aliphatic heterocycles. The van der Waals surface area contributed by atoms with Crippen molar-refractivity contribution < 1.29 is 14.7 Å². The van der Waals surface area contributed by atoms with Crippen LogP contribution in [0.1, 0.15) is 29.6 Å². The zero-order valence-corrected chi connectivity index (χ0v) is 12.0. The van der Waals surface area contributed by atoms with Crippen molar-refractivity contribution in [2.24, 2.45) is 5.92 Å². The van der Waals surface area contributed by atoms with Crippen LogP contribution in [-0.4, -0.2) is 48.1 Å². The maximum absolute atomic E-state index is 12.6. The Morgan fingerprint density at radius 1 is 1.24 bits per heavy atom. The van der Waals surface area contributed by atoms with Crippen LogP contribution in [0.5, 0.6) is 0 Å². The number of aliphatic hydroxyl groups is 1. The van der Waals surface area contributed by atoms with Crippen molar-refractivity contribution in [2.45, 2.75) is 19.3 Å². The van der Waals surface area contributed by atoms with E-state index in [9.17, 15) is 14.7 Å². The standard InChI is InChI=1S/C16H20N2O3/c19-11-12-9-15(20)18(10-12)14-6-2-1-5-13(14)16(21)17-7-3-4-8-17/h1-2,5-6,12,19H,3-4,7-11H2. The monoisotopic (exact) mass is 288 g/mol. The molecule has 2 fully saturated rings. The van der Waals surface area contributed by atoms with Crippen molar-refractivity contribution in [1.29, 1.82) is 0 Å². The van der Waals surface area contributed by atoms with E-state index in [0.717, 1.165) is 25.9 Å². The number of para-hydroxylation sites is 1. The first-order chi connectivity index (χ1) is 10.2. The lowest BCUT2D eigenvalue weighted by Gasteiger charge is -2.22. The molecule has 2 heterocycles. The molecule has 0 radical (unpaired) electrons. The second kappa shape index (κ2) is 5.85. The Morgan fingerprint density at radius 2 is 1.95 bits per heavy atom. The van der Waals surface area contributed by atoms with Crippen LogP contribution in [0.4, 0.5) is 5.69 Å². The smallest absolute Gasteiger partial charge is 0.255 e. The molecule has 1 aromatic rings. The summed E-state index contributed by atoms with van der Waals surface area (Å²) < 4.78 is 0. The van der Waals surface area contributed by atoms with Crippen molar-refractivity contribution >= 4 is 17.5 Å². The highest BCUT2D eigenvalue weighted by molar-refractivity contribution is 6.05. The summed E-state index contributed by atoms with van der Waals surface area (Å²) in [4.78, 5) is 28.2. The zero-order valence-electron chi connectivity index (χ0n) is 12.0. The number of benzene rings is 1. The van der Waals surface area contributed by atoms with Crippen molar-refractivity contribution in [1.82, 2.24) is 4.90 Å². The average molecular weight is 288 g/mol. The summed E-state index contributed by atoms with van der Waals surface area (Å²) in [6.45, 7) is 2.07. The number of aliphatic hydroxyl groups excluding tert-OH is 1. The van der Waals surface area contributed by atoms with E-state index in [1.807, 2.05) is 23.1 Å². The van der Waals surface area contributed by atoms with Gasteiger partial charge in [-0.25, -0.2) is 0 Å². The summed E-state index contributed by atoms with van der Waals surface area (Å²) >= 11 is 0. The fraction of sp³-hybridized carbons (Fsp3) is 0.500. The number of rotatable bonds is 3. The number of hydrogen-bond acceptors (Lipinski definition) is 3. The molecule has 0 bridgehead atoms. The van der Waals surface area contributed by atoms with Crippen molar-refractivity contribution in [3.8, 4) is 0 Å². The van der Waals surface area contributed by atoms with Crippen LogP contribution in [0.2, 0.25) is 0 Å². The molecule has 1 aromatic carbocycles. The van der Waals surface area contributed by atoms with Gasteiger partial charge in [-0.2, -0.15) is 0 Å². The Labute approximate surface area is 124 Å². The molecule has 0 spiro atoms. The van der Waals surface area contributed by atoms with Crippen LogP contribution in [-0.2, 0) is 4.79 Å². The van der Waals surface area contributed by atoms with E-state index in [0.29, 0.717) is 24.2 Å². The Morgan fingerprint density at radius 3 is 2.62 bits per heavy atom. The van der Waals surface area contributed by atoms with Gasteiger partial charge in [-0.05, 0) is 25.0 Å². The Kier molecular flexibility index (Phi) is 3.92. The fourth-order valence-electron chi connectivity index (χ4n) is 3.12. The molecule has 112 valence electrons. The molecule has 1 atom stereocenters. The van der Waals surface area contributed by atoms with Crippen LogP contribution in [0.15, 0.2) is 24.3 Å². The molecule has 5 heteroatoms. The molecule has 2 saturated heterocycles. The molecule has 0 aliphatic carbocycles. The maximum Gasteiger partial charge on any atom is 0.255 e. The highest BCUT2D eigenvalue weighted by Gasteiger charge is 2.33. The third-order valence-electron chi connectivity index (χ3n) is 4.28. The molecule has 21 heavy (non-hydrogen) atoms. The Balaban J connectivity index is 1.89. The normalized spacial score (nSPS) is 22.1. The number of hydrogen-bond donors (Lipinski definition) is 1. The number of nitrogens with zero attached hydrogens (tertiary/aromatic N) is 2. The molecular weight excluding hydrogens is 268 g/mol. The average Bonchev–Trinajstić information content (AvgIpc) is 3.16. The Bertz CT molecular complexity index is 552. The minimum atomic E-state index is -0.0348. The van der Waals surface area contributed by atoms with Crippen LogP contribution < -0.4 is 4.90 Å². The molecule has 1 unspecified atom stereocenters. The van der Waals surface area contributed by atoms with Crippen molar-refractivity contribution in [2.75, 3.05) is 31.1 Å². The van der Waals surface area contributed by atoms with Crippen molar-refractivity contribution in [3.05, 3.63) is 29.8 Å². The molecule has 2 amide bonds. The summed E-state index contributed by atoms with van der Waals surface area (Å²) in [5.41, 5.74) is 1.27. The highest BCUT2D eigenvalue weighted by Crippen LogP contribution is 2.29. The van der Waals surface area contributed by atoms with Gasteiger partial charge in [0.05, 0.1) is 11.3 Å². The second-order valence-electron chi connectivity index (χ2n) is 5.77. The van der Waals surface area contributed by atoms with Crippen LogP contribution in [0.3, 0.4) is 0 Å². The van der Waals surface area contributed by atoms with Crippen LogP contribution in [0, 0.1) is 5.92 Å². The van der Waals surface area contributed by atoms with E-state index in [1.165, 1.54) is 0 Å². The second-order valence-corrected chi connectivity index (χ2v) is 5.77. The lowest BCUT2D eigenvalue weighted by molar-refractivity contribution is -0.117. The van der Waals surface area contributed by atoms with Gasteiger partial charge in [0.15, 0.2) is 0 Å². The van der Waals surface area contributed by atoms with E-state index in [2.05, 4.69) is 0 Å². The first-order valence-electron chi connectivity index (χ1n) is 7.50. The molecule has 0 aromatic heterocycles. The largest absolute Gasteiger partial charge is 0.396 e. The molecule has 3 rings (SSSR count). The first-order valence-corrected chi connectivity index (χ1v) is 7.50. The molecule has 0 saturated carbocycles. The summed E-state index contributed by atoms with van der Waals surface area (Å²) in [6, 6.07) is 7.28. The Hall–Kier alpha value is -1.88. The number of carbonyl (C=O) groups is 2.